The number of rotatable bonds is 4. The smallest absolute Gasteiger partial charge is 0.230 e. The van der Waals surface area contributed by atoms with Crippen LogP contribution in [0.5, 0.6) is 0 Å². The van der Waals surface area contributed by atoms with Crippen molar-refractivity contribution >= 4 is 34.0 Å². The number of anilines is 2. The Balaban J connectivity index is 1.09. The molecule has 1 aromatic carbocycles. The fourth-order valence-electron chi connectivity index (χ4n) is 10.7. The van der Waals surface area contributed by atoms with Gasteiger partial charge in [0.1, 0.15) is 0 Å². The third kappa shape index (κ3) is 3.30. The molecular weight excluding hydrogens is 446 g/mol. The third-order valence-electron chi connectivity index (χ3n) is 11.3. The lowest BCUT2D eigenvalue weighted by Gasteiger charge is -2.55. The topological polar surface area (TPSA) is 71.1 Å². The van der Waals surface area contributed by atoms with E-state index in [2.05, 4.69) is 15.6 Å². The van der Waals surface area contributed by atoms with E-state index in [1.54, 1.807) is 6.20 Å². The van der Waals surface area contributed by atoms with Crippen LogP contribution in [0.1, 0.15) is 77.0 Å². The first-order chi connectivity index (χ1) is 17.5. The molecule has 0 spiro atoms. The average Bonchev–Trinajstić information content (AvgIpc) is 2.82. The van der Waals surface area contributed by atoms with Gasteiger partial charge in [0, 0.05) is 28.9 Å². The van der Waals surface area contributed by atoms with Crippen LogP contribution in [0.3, 0.4) is 0 Å². The van der Waals surface area contributed by atoms with E-state index in [1.807, 2.05) is 24.4 Å². The van der Waals surface area contributed by atoms with Gasteiger partial charge >= 0.3 is 0 Å². The van der Waals surface area contributed by atoms with E-state index < -0.39 is 0 Å². The van der Waals surface area contributed by atoms with Crippen LogP contribution in [0.4, 0.5) is 11.4 Å². The zero-order chi connectivity index (χ0) is 24.1. The van der Waals surface area contributed by atoms with Crippen LogP contribution in [-0.2, 0) is 9.59 Å². The Bertz CT molecular complexity index is 1200. The fraction of sp³-hybridized carbons (Fsp3) is 0.645. The van der Waals surface area contributed by atoms with E-state index in [9.17, 15) is 9.59 Å². The predicted molar refractivity (Wildman–Crippen MR) is 140 cm³/mol. The number of nitrogens with zero attached hydrogens (tertiary/aromatic N) is 1. The molecule has 10 rings (SSSR count). The number of carbonyl (C=O) groups excluding carboxylic acids is 2. The van der Waals surface area contributed by atoms with E-state index in [-0.39, 0.29) is 22.6 Å². The monoisotopic (exact) mass is 483 g/mol. The van der Waals surface area contributed by atoms with Gasteiger partial charge in [-0.3, -0.25) is 14.6 Å². The first-order valence-electron chi connectivity index (χ1n) is 14.5. The first-order valence-corrected chi connectivity index (χ1v) is 14.5. The summed E-state index contributed by atoms with van der Waals surface area (Å²) in [6, 6.07) is 6.01. The maximum atomic E-state index is 13.9. The molecule has 8 aliphatic carbocycles. The van der Waals surface area contributed by atoms with Crippen molar-refractivity contribution in [3.63, 3.8) is 0 Å². The number of carbonyl (C=O) groups is 2. The van der Waals surface area contributed by atoms with Gasteiger partial charge in [0.05, 0.1) is 16.5 Å². The van der Waals surface area contributed by atoms with E-state index in [0.29, 0.717) is 0 Å². The molecule has 1 heterocycles. The minimum absolute atomic E-state index is 0.193. The number of nitrogens with one attached hydrogen (secondary N) is 2. The normalized spacial score (nSPS) is 41.6. The van der Waals surface area contributed by atoms with Gasteiger partial charge in [-0.1, -0.05) is 0 Å². The van der Waals surface area contributed by atoms with E-state index in [1.165, 1.54) is 38.5 Å². The lowest BCUT2D eigenvalue weighted by molar-refractivity contribution is -0.140. The molecule has 8 fully saturated rings. The second-order valence-electron chi connectivity index (χ2n) is 13.9. The lowest BCUT2D eigenvalue weighted by atomic mass is 9.49. The van der Waals surface area contributed by atoms with Crippen LogP contribution in [0, 0.1) is 46.3 Å². The summed E-state index contributed by atoms with van der Waals surface area (Å²) in [5, 5.41) is 8.65. The molecule has 0 aliphatic heterocycles. The highest BCUT2D eigenvalue weighted by Crippen LogP contribution is 2.61. The Morgan fingerprint density at radius 3 is 1.67 bits per heavy atom. The van der Waals surface area contributed by atoms with Crippen molar-refractivity contribution in [3.05, 3.63) is 30.6 Å². The van der Waals surface area contributed by atoms with Crippen molar-refractivity contribution in [2.45, 2.75) is 77.0 Å². The molecule has 0 atom stereocenters. The van der Waals surface area contributed by atoms with Crippen molar-refractivity contribution in [1.29, 1.82) is 0 Å². The Kier molecular flexibility index (Phi) is 4.54. The quantitative estimate of drug-likeness (QED) is 0.518. The van der Waals surface area contributed by atoms with Gasteiger partial charge in [0.15, 0.2) is 0 Å². The van der Waals surface area contributed by atoms with E-state index in [0.717, 1.165) is 96.2 Å². The molecule has 5 heteroatoms. The Morgan fingerprint density at radius 2 is 1.17 bits per heavy atom. The van der Waals surface area contributed by atoms with Gasteiger partial charge in [-0.15, -0.1) is 0 Å². The summed E-state index contributed by atoms with van der Waals surface area (Å²) in [4.78, 5) is 31.9. The summed E-state index contributed by atoms with van der Waals surface area (Å²) >= 11 is 0. The molecule has 8 bridgehead atoms. The molecule has 2 N–H and O–H groups in total. The number of benzene rings is 1. The minimum atomic E-state index is -0.202. The standard InChI is InChI=1S/C31H37N3O2/c35-28(30-11-18-3-19(12-30)5-20(4-18)13-30)33-25-9-24-17-32-2-1-26(24)27(10-25)34-29(36)31-14-21-6-22(15-31)8-23(7-21)16-31/h1-2,9-10,17-23H,3-8,11-16H2,(H,33,35)(H,34,36). The maximum absolute atomic E-state index is 13.9. The van der Waals surface area contributed by atoms with Crippen molar-refractivity contribution < 1.29 is 9.59 Å². The minimum Gasteiger partial charge on any atom is -0.326 e. The molecule has 0 unspecified atom stereocenters. The van der Waals surface area contributed by atoms with Gasteiger partial charge in [-0.25, -0.2) is 0 Å². The van der Waals surface area contributed by atoms with Crippen molar-refractivity contribution in [1.82, 2.24) is 4.98 Å². The van der Waals surface area contributed by atoms with Crippen LogP contribution in [0.25, 0.3) is 10.8 Å². The molecule has 2 amide bonds. The Morgan fingerprint density at radius 1 is 0.694 bits per heavy atom. The number of hydrogen-bond donors (Lipinski definition) is 2. The molecule has 188 valence electrons. The predicted octanol–water partition coefficient (Wildman–Crippen LogP) is 6.54. The molecule has 2 aromatic rings. The highest BCUT2D eigenvalue weighted by Gasteiger charge is 2.56. The average molecular weight is 484 g/mol. The van der Waals surface area contributed by atoms with Crippen LogP contribution >= 0.6 is 0 Å². The van der Waals surface area contributed by atoms with E-state index >= 15 is 0 Å². The van der Waals surface area contributed by atoms with Crippen LogP contribution in [-0.4, -0.2) is 16.8 Å². The summed E-state index contributed by atoms with van der Waals surface area (Å²) in [7, 11) is 0. The summed E-state index contributed by atoms with van der Waals surface area (Å²) in [5.41, 5.74) is 1.21. The van der Waals surface area contributed by atoms with Crippen LogP contribution in [0.2, 0.25) is 0 Å². The second kappa shape index (κ2) is 7.55. The zero-order valence-corrected chi connectivity index (χ0v) is 21.1. The lowest BCUT2D eigenvalue weighted by Crippen LogP contribution is -2.52. The number of fused-ring (bicyclic) bond motifs is 1. The van der Waals surface area contributed by atoms with E-state index in [4.69, 9.17) is 0 Å². The van der Waals surface area contributed by atoms with Gasteiger partial charge in [-0.05, 0) is 131 Å². The van der Waals surface area contributed by atoms with Gasteiger partial charge < -0.3 is 10.6 Å². The highest BCUT2D eigenvalue weighted by molar-refractivity contribution is 6.07. The van der Waals surface area contributed by atoms with Gasteiger partial charge in [-0.2, -0.15) is 0 Å². The largest absolute Gasteiger partial charge is 0.326 e. The van der Waals surface area contributed by atoms with Gasteiger partial charge in [0.25, 0.3) is 0 Å². The van der Waals surface area contributed by atoms with Crippen molar-refractivity contribution in [3.8, 4) is 0 Å². The summed E-state index contributed by atoms with van der Waals surface area (Å²) < 4.78 is 0. The fourth-order valence-corrected chi connectivity index (χ4v) is 10.7. The van der Waals surface area contributed by atoms with Crippen molar-refractivity contribution in [2.24, 2.45) is 46.3 Å². The Hall–Kier alpha value is -2.43. The maximum Gasteiger partial charge on any atom is 0.230 e. The van der Waals surface area contributed by atoms with Gasteiger partial charge in [0.2, 0.25) is 11.8 Å². The van der Waals surface area contributed by atoms with Crippen LogP contribution < -0.4 is 10.6 Å². The van der Waals surface area contributed by atoms with Crippen molar-refractivity contribution in [2.75, 3.05) is 10.6 Å². The Labute approximate surface area is 213 Å². The molecule has 0 radical (unpaired) electrons. The third-order valence-corrected chi connectivity index (χ3v) is 11.3. The molecule has 8 aliphatic rings. The van der Waals surface area contributed by atoms with Crippen LogP contribution in [0.15, 0.2) is 30.6 Å². The summed E-state index contributed by atoms with van der Waals surface area (Å²) in [6.07, 6.45) is 17.9. The molecule has 1 aromatic heterocycles. The summed E-state index contributed by atoms with van der Waals surface area (Å²) in [6.45, 7) is 0. The zero-order valence-electron chi connectivity index (χ0n) is 21.1. The summed E-state index contributed by atoms with van der Waals surface area (Å²) in [5.74, 6) is 4.79. The molecule has 0 saturated heterocycles. The molecular formula is C31H37N3O2. The molecule has 36 heavy (non-hydrogen) atoms. The first kappa shape index (κ1) is 21.6. The molecule has 5 nitrogen and oxygen atoms in total. The SMILES string of the molecule is O=C(Nc1cc(NC(=O)C23CC4CC(CC(C4)C2)C3)c2ccncc2c1)C12CC3CC(CC(C3)C1)C2. The number of pyridine rings is 1. The number of hydrogen-bond acceptors (Lipinski definition) is 3. The highest BCUT2D eigenvalue weighted by atomic mass is 16.2. The second-order valence-corrected chi connectivity index (χ2v) is 13.9. The number of aromatic nitrogens is 1. The number of amides is 2. The molecule has 8 saturated carbocycles.